The Kier molecular flexibility index (Phi) is 3.93. The van der Waals surface area contributed by atoms with Gasteiger partial charge in [0.15, 0.2) is 0 Å². The maximum atomic E-state index is 13.6. The molecule has 0 amide bonds. The first kappa shape index (κ1) is 14.8. The molecule has 2 heterocycles. The van der Waals surface area contributed by atoms with E-state index in [1.54, 1.807) is 6.07 Å². The summed E-state index contributed by atoms with van der Waals surface area (Å²) in [6.45, 7) is 6.30. The molecule has 1 aromatic rings. The lowest BCUT2D eigenvalue weighted by Gasteiger charge is -2.48. The Morgan fingerprint density at radius 3 is 2.95 bits per heavy atom. The van der Waals surface area contributed by atoms with Crippen LogP contribution in [0.2, 0.25) is 0 Å². The maximum absolute atomic E-state index is 13.6. The molecule has 0 aromatic heterocycles. The summed E-state index contributed by atoms with van der Waals surface area (Å²) in [7, 11) is 2.16. The van der Waals surface area contributed by atoms with Crippen molar-refractivity contribution in [2.24, 2.45) is 0 Å². The molecule has 116 valence electrons. The van der Waals surface area contributed by atoms with E-state index in [2.05, 4.69) is 31.1 Å². The highest BCUT2D eigenvalue weighted by molar-refractivity contribution is 5.39. The fourth-order valence-electron chi connectivity index (χ4n) is 3.74. The van der Waals surface area contributed by atoms with Crippen molar-refractivity contribution in [3.8, 4) is 5.75 Å². The van der Waals surface area contributed by atoms with Gasteiger partial charge in [-0.2, -0.15) is 0 Å². The van der Waals surface area contributed by atoms with Crippen LogP contribution < -0.4 is 10.1 Å². The van der Waals surface area contributed by atoms with Gasteiger partial charge in [0.1, 0.15) is 17.2 Å². The summed E-state index contributed by atoms with van der Waals surface area (Å²) in [5.41, 5.74) is 0.940. The van der Waals surface area contributed by atoms with Gasteiger partial charge in [-0.1, -0.05) is 13.0 Å². The molecule has 0 saturated carbocycles. The maximum Gasteiger partial charge on any atom is 0.127 e. The molecule has 2 aliphatic rings. The van der Waals surface area contributed by atoms with Crippen LogP contribution in [-0.4, -0.2) is 36.7 Å². The van der Waals surface area contributed by atoms with Crippen LogP contribution in [0.3, 0.4) is 0 Å². The Labute approximate surface area is 126 Å². The summed E-state index contributed by atoms with van der Waals surface area (Å²) in [5, 5.41) is 3.54. The van der Waals surface area contributed by atoms with Gasteiger partial charge in [0.25, 0.3) is 0 Å². The number of rotatable bonds is 2. The topological polar surface area (TPSA) is 24.5 Å². The summed E-state index contributed by atoms with van der Waals surface area (Å²) in [5.74, 6) is 0.506. The van der Waals surface area contributed by atoms with Crippen molar-refractivity contribution in [1.82, 2.24) is 10.2 Å². The van der Waals surface area contributed by atoms with Crippen molar-refractivity contribution in [3.05, 3.63) is 29.6 Å². The molecule has 0 bridgehead atoms. The van der Waals surface area contributed by atoms with Crippen LogP contribution in [0.25, 0.3) is 0 Å². The minimum absolute atomic E-state index is 0.153. The molecule has 3 unspecified atom stereocenters. The van der Waals surface area contributed by atoms with Crippen LogP contribution in [0.5, 0.6) is 5.75 Å². The third-order valence-electron chi connectivity index (χ3n) is 5.04. The average Bonchev–Trinajstić information content (AvgIpc) is 2.43. The Hall–Kier alpha value is -1.13. The number of likely N-dealkylation sites (tertiary alicyclic amines) is 1. The number of ether oxygens (including phenoxy) is 1. The molecule has 3 rings (SSSR count). The first-order valence-electron chi connectivity index (χ1n) is 7.95. The second-order valence-electron chi connectivity index (χ2n) is 6.57. The number of benzene rings is 1. The van der Waals surface area contributed by atoms with E-state index in [0.717, 1.165) is 43.7 Å². The molecule has 1 spiro atoms. The van der Waals surface area contributed by atoms with E-state index in [4.69, 9.17) is 4.74 Å². The average molecular weight is 292 g/mol. The molecule has 0 radical (unpaired) electrons. The molecule has 1 aromatic carbocycles. The molecular formula is C17H25FN2O. The van der Waals surface area contributed by atoms with E-state index in [-0.39, 0.29) is 17.5 Å². The van der Waals surface area contributed by atoms with Gasteiger partial charge < -0.3 is 15.0 Å². The lowest BCUT2D eigenvalue weighted by molar-refractivity contribution is -0.0391. The second-order valence-corrected chi connectivity index (χ2v) is 6.57. The van der Waals surface area contributed by atoms with E-state index in [0.29, 0.717) is 6.04 Å². The predicted molar refractivity (Wildman–Crippen MR) is 82.1 cm³/mol. The highest BCUT2D eigenvalue weighted by Gasteiger charge is 2.44. The van der Waals surface area contributed by atoms with Crippen LogP contribution >= 0.6 is 0 Å². The van der Waals surface area contributed by atoms with E-state index < -0.39 is 0 Å². The SMILES string of the molecule is CCNC1CC2(CCN(C)C(C)C2)Oc2cc(F)ccc21. The molecule has 1 saturated heterocycles. The Bertz CT molecular complexity index is 522. The second kappa shape index (κ2) is 5.58. The highest BCUT2D eigenvalue weighted by Crippen LogP contribution is 2.45. The van der Waals surface area contributed by atoms with Crippen molar-refractivity contribution in [3.63, 3.8) is 0 Å². The van der Waals surface area contributed by atoms with Crippen molar-refractivity contribution >= 4 is 0 Å². The summed E-state index contributed by atoms with van der Waals surface area (Å²) in [6, 6.07) is 5.69. The Morgan fingerprint density at radius 2 is 2.24 bits per heavy atom. The zero-order chi connectivity index (χ0) is 15.0. The summed E-state index contributed by atoms with van der Waals surface area (Å²) in [6.07, 6.45) is 2.98. The van der Waals surface area contributed by atoms with Crippen molar-refractivity contribution in [2.75, 3.05) is 20.1 Å². The zero-order valence-electron chi connectivity index (χ0n) is 13.2. The molecule has 21 heavy (non-hydrogen) atoms. The molecule has 3 nitrogen and oxygen atoms in total. The monoisotopic (exact) mass is 292 g/mol. The zero-order valence-corrected chi connectivity index (χ0v) is 13.2. The number of nitrogens with zero attached hydrogens (tertiary/aromatic N) is 1. The van der Waals surface area contributed by atoms with Gasteiger partial charge in [-0.05, 0) is 33.0 Å². The molecular weight excluding hydrogens is 267 g/mol. The van der Waals surface area contributed by atoms with Crippen molar-refractivity contribution < 1.29 is 9.13 Å². The molecule has 1 N–H and O–H groups in total. The summed E-state index contributed by atoms with van der Waals surface area (Å²) >= 11 is 0. The number of hydrogen-bond acceptors (Lipinski definition) is 3. The number of piperidine rings is 1. The molecule has 2 aliphatic heterocycles. The first-order valence-corrected chi connectivity index (χ1v) is 7.95. The van der Waals surface area contributed by atoms with E-state index in [9.17, 15) is 4.39 Å². The normalized spacial score (nSPS) is 32.8. The number of hydrogen-bond donors (Lipinski definition) is 1. The van der Waals surface area contributed by atoms with Gasteiger partial charge in [-0.3, -0.25) is 0 Å². The Morgan fingerprint density at radius 1 is 1.43 bits per heavy atom. The van der Waals surface area contributed by atoms with Crippen molar-refractivity contribution in [2.45, 2.75) is 50.8 Å². The highest BCUT2D eigenvalue weighted by atomic mass is 19.1. The van der Waals surface area contributed by atoms with E-state index >= 15 is 0 Å². The molecule has 4 heteroatoms. The smallest absolute Gasteiger partial charge is 0.127 e. The van der Waals surface area contributed by atoms with Crippen molar-refractivity contribution in [1.29, 1.82) is 0 Å². The molecule has 1 fully saturated rings. The van der Waals surface area contributed by atoms with E-state index in [1.807, 2.05) is 6.07 Å². The minimum Gasteiger partial charge on any atom is -0.487 e. The quantitative estimate of drug-likeness (QED) is 0.906. The Balaban J connectivity index is 1.92. The van der Waals surface area contributed by atoms with E-state index in [1.165, 1.54) is 6.07 Å². The van der Waals surface area contributed by atoms with Crippen LogP contribution in [0, 0.1) is 5.82 Å². The minimum atomic E-state index is -0.220. The van der Waals surface area contributed by atoms with Gasteiger partial charge in [0, 0.05) is 43.1 Å². The van der Waals surface area contributed by atoms with Crippen LogP contribution in [0.1, 0.15) is 44.7 Å². The van der Waals surface area contributed by atoms with Crippen LogP contribution in [-0.2, 0) is 0 Å². The van der Waals surface area contributed by atoms with Crippen LogP contribution in [0.4, 0.5) is 4.39 Å². The number of nitrogens with one attached hydrogen (secondary N) is 1. The lowest BCUT2D eigenvalue weighted by atomic mass is 9.78. The fraction of sp³-hybridized carbons (Fsp3) is 0.647. The first-order chi connectivity index (χ1) is 10.0. The predicted octanol–water partition coefficient (Wildman–Crippen LogP) is 3.11. The standard InChI is InChI=1S/C17H25FN2O/c1-4-19-15-11-17(7-8-20(3)12(2)10-17)21-16-9-13(18)5-6-14(15)16/h5-6,9,12,15,19H,4,7-8,10-11H2,1-3H3. The van der Waals surface area contributed by atoms with Gasteiger partial charge in [0.05, 0.1) is 0 Å². The van der Waals surface area contributed by atoms with Gasteiger partial charge in [0.2, 0.25) is 0 Å². The van der Waals surface area contributed by atoms with Gasteiger partial charge >= 0.3 is 0 Å². The molecule has 0 aliphatic carbocycles. The van der Waals surface area contributed by atoms with Gasteiger partial charge in [-0.15, -0.1) is 0 Å². The van der Waals surface area contributed by atoms with Gasteiger partial charge in [-0.25, -0.2) is 4.39 Å². The van der Waals surface area contributed by atoms with Crippen LogP contribution in [0.15, 0.2) is 18.2 Å². The molecule has 3 atom stereocenters. The number of halogens is 1. The fourth-order valence-corrected chi connectivity index (χ4v) is 3.74. The largest absolute Gasteiger partial charge is 0.487 e. The lowest BCUT2D eigenvalue weighted by Crippen LogP contribution is -2.54. The summed E-state index contributed by atoms with van der Waals surface area (Å²) < 4.78 is 19.9. The number of fused-ring (bicyclic) bond motifs is 1. The third kappa shape index (κ3) is 2.79. The third-order valence-corrected chi connectivity index (χ3v) is 5.04. The summed E-state index contributed by atoms with van der Waals surface area (Å²) in [4.78, 5) is 2.37.